The molecule has 0 aromatic heterocycles. The number of carbonyl (C=O) groups excluding carboxylic acids is 1. The Balaban J connectivity index is 1.87. The van der Waals surface area contributed by atoms with Crippen molar-refractivity contribution >= 4 is 75.5 Å². The van der Waals surface area contributed by atoms with E-state index in [9.17, 15) is 4.79 Å². The summed E-state index contributed by atoms with van der Waals surface area (Å²) in [6.07, 6.45) is -0.331. The fourth-order valence-electron chi connectivity index (χ4n) is 3.51. The van der Waals surface area contributed by atoms with Crippen molar-refractivity contribution in [2.75, 3.05) is 5.32 Å². The predicted octanol–water partition coefficient (Wildman–Crippen LogP) is 6.91. The highest BCUT2D eigenvalue weighted by Gasteiger charge is 2.50. The number of benzene rings is 2. The molecule has 0 saturated carbocycles. The van der Waals surface area contributed by atoms with Gasteiger partial charge in [0.25, 0.3) is 5.91 Å². The lowest BCUT2D eigenvalue weighted by Gasteiger charge is -2.35. The van der Waals surface area contributed by atoms with Gasteiger partial charge in [-0.2, -0.15) is 0 Å². The minimum atomic E-state index is -0.331. The summed E-state index contributed by atoms with van der Waals surface area (Å²) in [5.41, 5.74) is 1.26. The van der Waals surface area contributed by atoms with Gasteiger partial charge < -0.3 is 15.5 Å². The van der Waals surface area contributed by atoms with Gasteiger partial charge in [0, 0.05) is 26.3 Å². The van der Waals surface area contributed by atoms with Crippen LogP contribution >= 0.6 is 58.8 Å². The zero-order chi connectivity index (χ0) is 22.9. The number of hydrogen-bond donors (Lipinski definition) is 2. The third kappa shape index (κ3) is 5.79. The monoisotopic (exact) mass is 515 g/mol. The van der Waals surface area contributed by atoms with Crippen LogP contribution in [0.2, 0.25) is 15.1 Å². The molecule has 1 saturated heterocycles. The minimum Gasteiger partial charge on any atom is -0.341 e. The Morgan fingerprint density at radius 2 is 1.65 bits per heavy atom. The van der Waals surface area contributed by atoms with E-state index in [1.165, 1.54) is 0 Å². The van der Waals surface area contributed by atoms with Crippen molar-refractivity contribution in [3.05, 3.63) is 63.1 Å². The van der Waals surface area contributed by atoms with Gasteiger partial charge in [-0.05, 0) is 74.4 Å². The molecule has 1 aliphatic heterocycles. The maximum absolute atomic E-state index is 13.5. The first-order valence-electron chi connectivity index (χ1n) is 9.77. The molecule has 4 nitrogen and oxygen atoms in total. The molecular weight excluding hydrogens is 493 g/mol. The van der Waals surface area contributed by atoms with E-state index in [1.54, 1.807) is 54.2 Å². The molecule has 1 fully saturated rings. The summed E-state index contributed by atoms with van der Waals surface area (Å²) >= 11 is 25.5. The van der Waals surface area contributed by atoms with E-state index in [1.807, 2.05) is 4.90 Å². The quantitative estimate of drug-likeness (QED) is 0.432. The topological polar surface area (TPSA) is 44.4 Å². The fraction of sp³-hybridized carbons (Fsp3) is 0.364. The standard InChI is InChI=1S/C22H24Cl3N3OS2/c1-12(2)19-28(18(29)13-5-7-14(23)8-6-13)20(22(3,4)31-19)27-21(30)26-17-10-15(24)9-16(25)11-17/h5-12,19-20H,1-4H3,(H2,26,27,30). The van der Waals surface area contributed by atoms with Gasteiger partial charge >= 0.3 is 0 Å². The highest BCUT2D eigenvalue weighted by molar-refractivity contribution is 8.01. The smallest absolute Gasteiger partial charge is 0.256 e. The molecule has 2 aromatic rings. The summed E-state index contributed by atoms with van der Waals surface area (Å²) in [6, 6.07) is 12.1. The molecule has 0 radical (unpaired) electrons. The van der Waals surface area contributed by atoms with Crippen molar-refractivity contribution in [3.63, 3.8) is 0 Å². The molecule has 2 atom stereocenters. The number of thiocarbonyl (C=S) groups is 1. The van der Waals surface area contributed by atoms with Crippen LogP contribution in [0.4, 0.5) is 5.69 Å². The second kappa shape index (κ2) is 9.75. The predicted molar refractivity (Wildman–Crippen MR) is 138 cm³/mol. The van der Waals surface area contributed by atoms with Crippen molar-refractivity contribution < 1.29 is 4.79 Å². The molecule has 0 aliphatic carbocycles. The number of halogens is 3. The van der Waals surface area contributed by atoms with Crippen molar-refractivity contribution in [2.24, 2.45) is 5.92 Å². The van der Waals surface area contributed by atoms with E-state index < -0.39 is 0 Å². The Labute approximate surface area is 208 Å². The SMILES string of the molecule is CC(C)C1SC(C)(C)C(NC(=S)Nc2cc(Cl)cc(Cl)c2)N1C(=O)c1ccc(Cl)cc1. The van der Waals surface area contributed by atoms with Gasteiger partial charge in [-0.15, -0.1) is 11.8 Å². The average molecular weight is 517 g/mol. The van der Waals surface area contributed by atoms with E-state index in [2.05, 4.69) is 38.3 Å². The summed E-state index contributed by atoms with van der Waals surface area (Å²) in [7, 11) is 0. The fourth-order valence-corrected chi connectivity index (χ4v) is 5.92. The number of amides is 1. The number of nitrogens with one attached hydrogen (secondary N) is 2. The molecule has 1 heterocycles. The van der Waals surface area contributed by atoms with Crippen molar-refractivity contribution in [1.29, 1.82) is 0 Å². The molecule has 1 aliphatic rings. The molecule has 2 aromatic carbocycles. The molecule has 2 N–H and O–H groups in total. The highest BCUT2D eigenvalue weighted by Crippen LogP contribution is 2.46. The zero-order valence-corrected chi connectivity index (χ0v) is 21.5. The first-order valence-corrected chi connectivity index (χ1v) is 12.2. The van der Waals surface area contributed by atoms with Gasteiger partial charge in [0.05, 0.1) is 10.1 Å². The van der Waals surface area contributed by atoms with Crippen LogP contribution in [-0.2, 0) is 0 Å². The molecule has 0 spiro atoms. The third-order valence-electron chi connectivity index (χ3n) is 4.92. The molecular formula is C22H24Cl3N3OS2. The van der Waals surface area contributed by atoms with Crippen LogP contribution in [0.1, 0.15) is 38.1 Å². The van der Waals surface area contributed by atoms with Gasteiger partial charge in [0.15, 0.2) is 5.11 Å². The molecule has 166 valence electrons. The third-order valence-corrected chi connectivity index (χ3v) is 7.67. The van der Waals surface area contributed by atoms with Crippen LogP contribution in [0.3, 0.4) is 0 Å². The van der Waals surface area contributed by atoms with E-state index in [0.717, 1.165) is 0 Å². The lowest BCUT2D eigenvalue weighted by atomic mass is 10.1. The number of nitrogens with zero attached hydrogens (tertiary/aromatic N) is 1. The number of hydrogen-bond acceptors (Lipinski definition) is 3. The molecule has 3 rings (SSSR count). The number of anilines is 1. The number of rotatable bonds is 4. The van der Waals surface area contributed by atoms with Crippen molar-refractivity contribution in [2.45, 2.75) is 44.0 Å². The molecule has 2 unspecified atom stereocenters. The van der Waals surface area contributed by atoms with Crippen LogP contribution in [0, 0.1) is 5.92 Å². The Morgan fingerprint density at radius 1 is 1.06 bits per heavy atom. The first-order chi connectivity index (χ1) is 14.5. The maximum atomic E-state index is 13.5. The average Bonchev–Trinajstić information content (AvgIpc) is 2.92. The van der Waals surface area contributed by atoms with Gasteiger partial charge in [-0.1, -0.05) is 48.7 Å². The Kier molecular flexibility index (Phi) is 7.70. The molecule has 9 heteroatoms. The first kappa shape index (κ1) is 24.5. The summed E-state index contributed by atoms with van der Waals surface area (Å²) < 4.78 is -0.283. The maximum Gasteiger partial charge on any atom is 0.256 e. The Morgan fingerprint density at radius 3 is 2.19 bits per heavy atom. The van der Waals surface area contributed by atoms with Crippen LogP contribution in [-0.4, -0.2) is 32.2 Å². The second-order valence-electron chi connectivity index (χ2n) is 8.23. The van der Waals surface area contributed by atoms with E-state index in [-0.39, 0.29) is 28.1 Å². The Bertz CT molecular complexity index is 962. The zero-order valence-electron chi connectivity index (χ0n) is 17.6. The van der Waals surface area contributed by atoms with Gasteiger partial charge in [0.2, 0.25) is 0 Å². The van der Waals surface area contributed by atoms with E-state index in [4.69, 9.17) is 47.0 Å². The summed E-state index contributed by atoms with van der Waals surface area (Å²) in [4.78, 5) is 15.4. The number of carbonyl (C=O) groups is 1. The Hall–Kier alpha value is -1.18. The van der Waals surface area contributed by atoms with Gasteiger partial charge in [0.1, 0.15) is 6.17 Å². The van der Waals surface area contributed by atoms with Gasteiger partial charge in [-0.3, -0.25) is 4.79 Å². The lowest BCUT2D eigenvalue weighted by Crippen LogP contribution is -2.57. The molecule has 1 amide bonds. The van der Waals surface area contributed by atoms with Crippen molar-refractivity contribution in [1.82, 2.24) is 10.2 Å². The van der Waals surface area contributed by atoms with Crippen LogP contribution < -0.4 is 10.6 Å². The van der Waals surface area contributed by atoms with Crippen LogP contribution in [0.25, 0.3) is 0 Å². The van der Waals surface area contributed by atoms with E-state index in [0.29, 0.717) is 31.4 Å². The second-order valence-corrected chi connectivity index (χ2v) is 11.7. The van der Waals surface area contributed by atoms with E-state index >= 15 is 0 Å². The molecule has 31 heavy (non-hydrogen) atoms. The summed E-state index contributed by atoms with van der Waals surface area (Å²) in [6.45, 7) is 8.45. The highest BCUT2D eigenvalue weighted by atomic mass is 35.5. The summed E-state index contributed by atoms with van der Waals surface area (Å²) in [5.74, 6) is 0.181. The normalized spacial score (nSPS) is 20.1. The minimum absolute atomic E-state index is 0.0147. The molecule has 0 bridgehead atoms. The van der Waals surface area contributed by atoms with Crippen LogP contribution in [0.15, 0.2) is 42.5 Å². The largest absolute Gasteiger partial charge is 0.341 e. The van der Waals surface area contributed by atoms with Crippen molar-refractivity contribution in [3.8, 4) is 0 Å². The van der Waals surface area contributed by atoms with Gasteiger partial charge in [-0.25, -0.2) is 0 Å². The summed E-state index contributed by atoms with van der Waals surface area (Å²) in [5, 5.41) is 8.45. The number of thioether (sulfide) groups is 1. The lowest BCUT2D eigenvalue weighted by molar-refractivity contribution is 0.0605. The van der Waals surface area contributed by atoms with Crippen LogP contribution in [0.5, 0.6) is 0 Å².